The van der Waals surface area contributed by atoms with Crippen molar-refractivity contribution in [3.63, 3.8) is 0 Å². The van der Waals surface area contributed by atoms with Gasteiger partial charge in [0.15, 0.2) is 17.5 Å². The summed E-state index contributed by atoms with van der Waals surface area (Å²) in [5, 5.41) is 6.66. The molecule has 7 nitrogen and oxygen atoms in total. The van der Waals surface area contributed by atoms with Crippen molar-refractivity contribution in [3.05, 3.63) is 77.6 Å². The van der Waals surface area contributed by atoms with E-state index in [0.29, 0.717) is 24.7 Å². The van der Waals surface area contributed by atoms with Crippen molar-refractivity contribution in [2.24, 2.45) is 0 Å². The first-order chi connectivity index (χ1) is 15.6. The molecular weight excluding hydrogens is 416 g/mol. The molecule has 0 aliphatic carbocycles. The third-order valence-electron chi connectivity index (χ3n) is 5.82. The number of hydroxylamine groups is 3. The van der Waals surface area contributed by atoms with E-state index in [0.717, 1.165) is 24.8 Å². The van der Waals surface area contributed by atoms with Crippen LogP contribution in [-0.4, -0.2) is 35.3 Å². The number of anilines is 3. The molecule has 32 heavy (non-hydrogen) atoms. The van der Waals surface area contributed by atoms with Crippen molar-refractivity contribution in [3.8, 4) is 0 Å². The summed E-state index contributed by atoms with van der Waals surface area (Å²) in [6.07, 6.45) is 2.90. The van der Waals surface area contributed by atoms with Crippen LogP contribution in [0.4, 0.5) is 26.1 Å². The third kappa shape index (κ3) is 4.02. The summed E-state index contributed by atoms with van der Waals surface area (Å²) in [7, 11) is 1.94. The van der Waals surface area contributed by atoms with Crippen LogP contribution in [0, 0.1) is 11.6 Å². The molecule has 0 spiro atoms. The molecule has 2 aromatic carbocycles. The Bertz CT molecular complexity index is 1100. The fourth-order valence-electron chi connectivity index (χ4n) is 4.18. The molecule has 2 unspecified atom stereocenters. The van der Waals surface area contributed by atoms with Crippen LogP contribution in [0.15, 0.2) is 54.9 Å². The monoisotopic (exact) mass is 439 g/mol. The Balaban J connectivity index is 1.34. The van der Waals surface area contributed by atoms with E-state index in [-0.39, 0.29) is 11.6 Å². The number of benzene rings is 2. The first kappa shape index (κ1) is 20.7. The van der Waals surface area contributed by atoms with Crippen LogP contribution >= 0.6 is 0 Å². The van der Waals surface area contributed by atoms with Crippen molar-refractivity contribution < 1.29 is 18.5 Å². The van der Waals surface area contributed by atoms with Gasteiger partial charge in [0.25, 0.3) is 0 Å². The summed E-state index contributed by atoms with van der Waals surface area (Å²) in [5.74, 6) is -0.704. The minimum Gasteiger partial charge on any atom is -0.340 e. The first-order valence-corrected chi connectivity index (χ1v) is 10.5. The van der Waals surface area contributed by atoms with Crippen LogP contribution in [0.3, 0.4) is 0 Å². The SMILES string of the molecule is CN1OCCC1c1ccc(Nc2cc(N3OCCC3c3cccc(F)c3F)ncn2)cc1. The maximum atomic E-state index is 14.4. The van der Waals surface area contributed by atoms with Crippen LogP contribution in [0.25, 0.3) is 0 Å². The molecule has 0 bridgehead atoms. The van der Waals surface area contributed by atoms with E-state index in [1.807, 2.05) is 24.2 Å². The van der Waals surface area contributed by atoms with Gasteiger partial charge in [0.1, 0.15) is 12.1 Å². The fourth-order valence-corrected chi connectivity index (χ4v) is 4.18. The van der Waals surface area contributed by atoms with Crippen molar-refractivity contribution in [2.75, 3.05) is 30.6 Å². The molecule has 0 saturated carbocycles. The normalized spacial score (nSPS) is 21.3. The smallest absolute Gasteiger partial charge is 0.164 e. The average molecular weight is 439 g/mol. The molecule has 2 saturated heterocycles. The summed E-state index contributed by atoms with van der Waals surface area (Å²) < 4.78 is 28.1. The Labute approximate surface area is 184 Å². The van der Waals surface area contributed by atoms with E-state index in [2.05, 4.69) is 27.4 Å². The van der Waals surface area contributed by atoms with Crippen molar-refractivity contribution in [1.29, 1.82) is 0 Å². The van der Waals surface area contributed by atoms with Crippen molar-refractivity contribution in [1.82, 2.24) is 15.0 Å². The summed E-state index contributed by atoms with van der Waals surface area (Å²) in [4.78, 5) is 19.8. The lowest BCUT2D eigenvalue weighted by molar-refractivity contribution is -0.110. The molecule has 1 aromatic heterocycles. The van der Waals surface area contributed by atoms with Gasteiger partial charge < -0.3 is 5.32 Å². The fraction of sp³-hybridized carbons (Fsp3) is 0.304. The minimum absolute atomic E-state index is 0.243. The molecule has 5 rings (SSSR count). The van der Waals surface area contributed by atoms with E-state index in [1.54, 1.807) is 12.1 Å². The molecule has 2 atom stereocenters. The van der Waals surface area contributed by atoms with Crippen LogP contribution in [0.5, 0.6) is 0 Å². The van der Waals surface area contributed by atoms with Gasteiger partial charge in [-0.1, -0.05) is 24.3 Å². The molecule has 2 aliphatic heterocycles. The van der Waals surface area contributed by atoms with Gasteiger partial charge in [-0.3, -0.25) is 9.68 Å². The molecule has 3 aromatic rings. The number of nitrogens with zero attached hydrogens (tertiary/aromatic N) is 4. The Kier molecular flexibility index (Phi) is 5.69. The van der Waals surface area contributed by atoms with Gasteiger partial charge >= 0.3 is 0 Å². The Morgan fingerprint density at radius 3 is 2.53 bits per heavy atom. The first-order valence-electron chi connectivity index (χ1n) is 10.5. The molecule has 2 fully saturated rings. The molecule has 166 valence electrons. The van der Waals surface area contributed by atoms with Crippen molar-refractivity contribution in [2.45, 2.75) is 24.9 Å². The highest BCUT2D eigenvalue weighted by Crippen LogP contribution is 2.36. The molecule has 9 heteroatoms. The Morgan fingerprint density at radius 2 is 1.75 bits per heavy atom. The molecule has 0 radical (unpaired) electrons. The average Bonchev–Trinajstić information content (AvgIpc) is 3.46. The molecule has 1 N–H and O–H groups in total. The lowest BCUT2D eigenvalue weighted by Gasteiger charge is -2.24. The number of aromatic nitrogens is 2. The van der Waals surface area contributed by atoms with Gasteiger partial charge in [0.05, 0.1) is 25.3 Å². The quantitative estimate of drug-likeness (QED) is 0.619. The zero-order valence-electron chi connectivity index (χ0n) is 17.5. The number of hydrogen-bond donors (Lipinski definition) is 1. The second kappa shape index (κ2) is 8.78. The van der Waals surface area contributed by atoms with Crippen LogP contribution in [0.1, 0.15) is 36.1 Å². The maximum absolute atomic E-state index is 14.4. The van der Waals surface area contributed by atoms with Gasteiger partial charge in [-0.15, -0.1) is 0 Å². The lowest BCUT2D eigenvalue weighted by Crippen LogP contribution is -2.23. The Morgan fingerprint density at radius 1 is 0.969 bits per heavy atom. The maximum Gasteiger partial charge on any atom is 0.164 e. The van der Waals surface area contributed by atoms with Gasteiger partial charge in [-0.05, 0) is 30.2 Å². The molecular formula is C23H23F2N5O2. The highest BCUT2D eigenvalue weighted by atomic mass is 19.2. The number of nitrogens with one attached hydrogen (secondary N) is 1. The van der Waals surface area contributed by atoms with Gasteiger partial charge in [-0.2, -0.15) is 5.06 Å². The third-order valence-corrected chi connectivity index (χ3v) is 5.82. The van der Waals surface area contributed by atoms with E-state index < -0.39 is 17.7 Å². The number of halogens is 2. The summed E-state index contributed by atoms with van der Waals surface area (Å²) in [5.41, 5.74) is 2.30. The van der Waals surface area contributed by atoms with Crippen LogP contribution < -0.4 is 10.4 Å². The predicted molar refractivity (Wildman–Crippen MR) is 115 cm³/mol. The van der Waals surface area contributed by atoms with Gasteiger partial charge in [0.2, 0.25) is 0 Å². The highest BCUT2D eigenvalue weighted by Gasteiger charge is 2.32. The summed E-state index contributed by atoms with van der Waals surface area (Å²) in [6, 6.07) is 13.8. The van der Waals surface area contributed by atoms with E-state index in [4.69, 9.17) is 9.68 Å². The standard InChI is InChI=1S/C23H23F2N5O2/c1-29-19(9-11-31-29)15-5-7-16(8-6-15)28-21-13-22(27-14-26-21)30-20(10-12-32-30)17-3-2-4-18(24)23(17)25/h2-8,13-14,19-20H,9-12H2,1H3,(H,26,27,28). The number of rotatable bonds is 5. The zero-order valence-corrected chi connectivity index (χ0v) is 17.5. The van der Waals surface area contributed by atoms with E-state index >= 15 is 0 Å². The number of hydrogen-bond acceptors (Lipinski definition) is 7. The summed E-state index contributed by atoms with van der Waals surface area (Å²) in [6.45, 7) is 1.11. The lowest BCUT2D eigenvalue weighted by atomic mass is 10.0. The van der Waals surface area contributed by atoms with E-state index in [9.17, 15) is 8.78 Å². The van der Waals surface area contributed by atoms with Crippen molar-refractivity contribution >= 4 is 17.3 Å². The minimum atomic E-state index is -0.877. The van der Waals surface area contributed by atoms with Gasteiger partial charge in [-0.25, -0.2) is 23.8 Å². The zero-order chi connectivity index (χ0) is 22.1. The largest absolute Gasteiger partial charge is 0.340 e. The van der Waals surface area contributed by atoms with Crippen LogP contribution in [-0.2, 0) is 9.68 Å². The topological polar surface area (TPSA) is 62.8 Å². The highest BCUT2D eigenvalue weighted by molar-refractivity contribution is 5.59. The summed E-state index contributed by atoms with van der Waals surface area (Å²) >= 11 is 0. The predicted octanol–water partition coefficient (Wildman–Crippen LogP) is 4.69. The molecule has 0 amide bonds. The Hall–Kier alpha value is -3.14. The molecule has 2 aliphatic rings. The second-order valence-corrected chi connectivity index (χ2v) is 7.80. The van der Waals surface area contributed by atoms with Gasteiger partial charge in [0, 0.05) is 30.8 Å². The second-order valence-electron chi connectivity index (χ2n) is 7.80. The van der Waals surface area contributed by atoms with Crippen LogP contribution in [0.2, 0.25) is 0 Å². The van der Waals surface area contributed by atoms with E-state index in [1.165, 1.54) is 23.0 Å². The molecule has 3 heterocycles.